The maximum Gasteiger partial charge on any atom is 0.134 e. The third kappa shape index (κ3) is 1.12. The quantitative estimate of drug-likeness (QED) is 0.593. The van der Waals surface area contributed by atoms with Gasteiger partial charge in [0, 0.05) is 11.3 Å². The summed E-state index contributed by atoms with van der Waals surface area (Å²) in [5, 5.41) is 1.12. The molecule has 0 amide bonds. The van der Waals surface area contributed by atoms with E-state index in [2.05, 4.69) is 0 Å². The van der Waals surface area contributed by atoms with Gasteiger partial charge in [0.05, 0.1) is 6.26 Å². The fraction of sp³-hybridized carbons (Fsp3) is 0.111. The van der Waals surface area contributed by atoms with Gasteiger partial charge in [-0.15, -0.1) is 11.6 Å². The van der Waals surface area contributed by atoms with Crippen molar-refractivity contribution in [1.82, 2.24) is 0 Å². The van der Waals surface area contributed by atoms with Crippen molar-refractivity contribution < 1.29 is 4.42 Å². The highest BCUT2D eigenvalue weighted by atomic mass is 35.5. The van der Waals surface area contributed by atoms with Gasteiger partial charge in [-0.2, -0.15) is 0 Å². The van der Waals surface area contributed by atoms with Crippen LogP contribution in [0.25, 0.3) is 11.0 Å². The average molecular weight is 167 g/mol. The van der Waals surface area contributed by atoms with E-state index in [4.69, 9.17) is 16.0 Å². The van der Waals surface area contributed by atoms with E-state index in [1.165, 1.54) is 0 Å². The van der Waals surface area contributed by atoms with E-state index in [-0.39, 0.29) is 0 Å². The molecule has 0 atom stereocenters. The molecule has 0 unspecified atom stereocenters. The lowest BCUT2D eigenvalue weighted by atomic mass is 10.2. The van der Waals surface area contributed by atoms with Gasteiger partial charge in [0.15, 0.2) is 0 Å². The van der Waals surface area contributed by atoms with Gasteiger partial charge in [-0.1, -0.05) is 12.1 Å². The molecule has 0 aliphatic rings. The molecule has 0 spiro atoms. The summed E-state index contributed by atoms with van der Waals surface area (Å²) >= 11 is 5.65. The molecule has 0 saturated carbocycles. The van der Waals surface area contributed by atoms with Crippen LogP contribution >= 0.6 is 11.6 Å². The number of rotatable bonds is 1. The van der Waals surface area contributed by atoms with Gasteiger partial charge in [-0.3, -0.25) is 0 Å². The van der Waals surface area contributed by atoms with Gasteiger partial charge < -0.3 is 4.42 Å². The summed E-state index contributed by atoms with van der Waals surface area (Å²) in [4.78, 5) is 0. The summed E-state index contributed by atoms with van der Waals surface area (Å²) in [5.74, 6) is 0.538. The largest absolute Gasteiger partial charge is 0.464 e. The van der Waals surface area contributed by atoms with Crippen molar-refractivity contribution in [2.24, 2.45) is 0 Å². The zero-order valence-corrected chi connectivity index (χ0v) is 6.64. The number of hydrogen-bond donors (Lipinski definition) is 0. The summed E-state index contributed by atoms with van der Waals surface area (Å²) in [6, 6.07) is 7.91. The van der Waals surface area contributed by atoms with E-state index in [0.717, 1.165) is 16.5 Å². The number of hydrogen-bond acceptors (Lipinski definition) is 1. The smallest absolute Gasteiger partial charge is 0.134 e. The Morgan fingerprint density at radius 3 is 3.00 bits per heavy atom. The van der Waals surface area contributed by atoms with Crippen molar-refractivity contribution in [3.63, 3.8) is 0 Å². The molecule has 2 rings (SSSR count). The molecule has 2 heteroatoms. The van der Waals surface area contributed by atoms with E-state index in [1.54, 1.807) is 6.26 Å². The molecule has 56 valence electrons. The van der Waals surface area contributed by atoms with Gasteiger partial charge in [-0.05, 0) is 17.7 Å². The zero-order valence-electron chi connectivity index (χ0n) is 5.88. The van der Waals surface area contributed by atoms with Gasteiger partial charge in [0.2, 0.25) is 0 Å². The van der Waals surface area contributed by atoms with Crippen molar-refractivity contribution in [2.45, 2.75) is 5.88 Å². The Hall–Kier alpha value is -0.950. The lowest BCUT2D eigenvalue weighted by molar-refractivity contribution is 0.615. The summed E-state index contributed by atoms with van der Waals surface area (Å²) in [7, 11) is 0. The first kappa shape index (κ1) is 6.74. The van der Waals surface area contributed by atoms with Gasteiger partial charge in [0.25, 0.3) is 0 Å². The summed E-state index contributed by atoms with van der Waals surface area (Å²) in [5.41, 5.74) is 2.00. The van der Waals surface area contributed by atoms with Gasteiger partial charge in [0.1, 0.15) is 5.58 Å². The van der Waals surface area contributed by atoms with Crippen molar-refractivity contribution in [3.05, 3.63) is 36.1 Å². The highest BCUT2D eigenvalue weighted by Crippen LogP contribution is 2.17. The molecule has 11 heavy (non-hydrogen) atoms. The van der Waals surface area contributed by atoms with Crippen LogP contribution in [0.15, 0.2) is 34.9 Å². The Morgan fingerprint density at radius 1 is 1.27 bits per heavy atom. The van der Waals surface area contributed by atoms with Gasteiger partial charge in [-0.25, -0.2) is 0 Å². The number of alkyl halides is 1. The topological polar surface area (TPSA) is 13.1 Å². The molecule has 0 bridgehead atoms. The monoisotopic (exact) mass is 166 g/mol. The predicted octanol–water partition coefficient (Wildman–Crippen LogP) is 3.17. The predicted molar refractivity (Wildman–Crippen MR) is 45.8 cm³/mol. The fourth-order valence-electron chi connectivity index (χ4n) is 1.08. The molecule has 0 N–H and O–H groups in total. The molecule has 0 saturated heterocycles. The van der Waals surface area contributed by atoms with Crippen LogP contribution in [-0.4, -0.2) is 0 Å². The first-order valence-corrected chi connectivity index (χ1v) is 3.96. The number of halogens is 1. The molecule has 1 nitrogen and oxygen atoms in total. The molecule has 0 fully saturated rings. The lowest BCUT2D eigenvalue weighted by Crippen LogP contribution is -1.74. The highest BCUT2D eigenvalue weighted by Gasteiger charge is 1.96. The van der Waals surface area contributed by atoms with Crippen molar-refractivity contribution in [1.29, 1.82) is 0 Å². The molecule has 1 aromatic carbocycles. The molecule has 1 heterocycles. The summed E-state index contributed by atoms with van der Waals surface area (Å²) in [6.45, 7) is 0. The van der Waals surface area contributed by atoms with E-state index >= 15 is 0 Å². The Balaban J connectivity index is 2.67. The Kier molecular flexibility index (Phi) is 1.59. The van der Waals surface area contributed by atoms with E-state index < -0.39 is 0 Å². The van der Waals surface area contributed by atoms with Crippen LogP contribution in [0.3, 0.4) is 0 Å². The lowest BCUT2D eigenvalue weighted by Gasteiger charge is -1.92. The maximum atomic E-state index is 5.65. The Morgan fingerprint density at radius 2 is 2.18 bits per heavy atom. The van der Waals surface area contributed by atoms with Gasteiger partial charge >= 0.3 is 0 Å². The molecule has 0 aliphatic heterocycles. The van der Waals surface area contributed by atoms with Crippen LogP contribution in [0.1, 0.15) is 5.56 Å². The van der Waals surface area contributed by atoms with Crippen LogP contribution in [-0.2, 0) is 5.88 Å². The van der Waals surface area contributed by atoms with E-state index in [1.807, 2.05) is 24.3 Å². The first-order valence-electron chi connectivity index (χ1n) is 3.42. The molecule has 2 aromatic rings. The summed E-state index contributed by atoms with van der Waals surface area (Å²) in [6.07, 6.45) is 1.68. The number of fused-ring (bicyclic) bond motifs is 1. The minimum atomic E-state index is 0.538. The second-order valence-corrected chi connectivity index (χ2v) is 2.69. The van der Waals surface area contributed by atoms with Crippen LogP contribution in [0.2, 0.25) is 0 Å². The molecule has 1 aromatic heterocycles. The molecule has 0 radical (unpaired) electrons. The van der Waals surface area contributed by atoms with Crippen molar-refractivity contribution in [2.75, 3.05) is 0 Å². The molecular weight excluding hydrogens is 160 g/mol. The van der Waals surface area contributed by atoms with E-state index in [9.17, 15) is 0 Å². The second kappa shape index (κ2) is 2.59. The Labute approximate surface area is 69.6 Å². The van der Waals surface area contributed by atoms with Crippen LogP contribution < -0.4 is 0 Å². The standard InChI is InChI=1S/C9H7ClO/c10-6-7-1-2-8-3-4-11-9(8)5-7/h1-5H,6H2. The Bertz CT molecular complexity index is 364. The number of furan rings is 1. The minimum Gasteiger partial charge on any atom is -0.464 e. The first-order chi connectivity index (χ1) is 5.40. The normalized spacial score (nSPS) is 10.6. The fourth-order valence-corrected chi connectivity index (χ4v) is 1.25. The second-order valence-electron chi connectivity index (χ2n) is 2.43. The van der Waals surface area contributed by atoms with E-state index in [0.29, 0.717) is 5.88 Å². The van der Waals surface area contributed by atoms with Crippen LogP contribution in [0.5, 0.6) is 0 Å². The van der Waals surface area contributed by atoms with Crippen molar-refractivity contribution in [3.8, 4) is 0 Å². The molecular formula is C9H7ClO. The average Bonchev–Trinajstić information content (AvgIpc) is 2.50. The highest BCUT2D eigenvalue weighted by molar-refractivity contribution is 6.17. The molecule has 0 aliphatic carbocycles. The third-order valence-corrected chi connectivity index (χ3v) is 1.98. The number of benzene rings is 1. The van der Waals surface area contributed by atoms with Crippen LogP contribution in [0.4, 0.5) is 0 Å². The van der Waals surface area contributed by atoms with Crippen molar-refractivity contribution >= 4 is 22.6 Å². The maximum absolute atomic E-state index is 5.65. The minimum absolute atomic E-state index is 0.538. The summed E-state index contributed by atoms with van der Waals surface area (Å²) < 4.78 is 5.20. The SMILES string of the molecule is ClCc1ccc2ccoc2c1. The zero-order chi connectivity index (χ0) is 7.68. The van der Waals surface area contributed by atoms with Crippen LogP contribution in [0, 0.1) is 0 Å². The third-order valence-electron chi connectivity index (χ3n) is 1.67.